The lowest BCUT2D eigenvalue weighted by Crippen LogP contribution is -2.07. The van der Waals surface area contributed by atoms with Crippen molar-refractivity contribution < 1.29 is 22.5 Å². The molecule has 0 amide bonds. The molecule has 0 atom stereocenters. The summed E-state index contributed by atoms with van der Waals surface area (Å²) in [4.78, 5) is 9.65. The van der Waals surface area contributed by atoms with Gasteiger partial charge in [0.2, 0.25) is 5.82 Å². The van der Waals surface area contributed by atoms with Crippen LogP contribution in [0.3, 0.4) is 0 Å². The van der Waals surface area contributed by atoms with E-state index in [0.717, 1.165) is 30.3 Å². The van der Waals surface area contributed by atoms with Gasteiger partial charge in [0.25, 0.3) is 0 Å². The van der Waals surface area contributed by atoms with E-state index in [9.17, 15) is 27.7 Å². The lowest BCUT2D eigenvalue weighted by atomic mass is 9.98. The molecular formula is C13H7F4NO2. The van der Waals surface area contributed by atoms with Gasteiger partial charge in [-0.25, -0.2) is 0 Å². The first-order chi connectivity index (χ1) is 9.32. The summed E-state index contributed by atoms with van der Waals surface area (Å²) in [6.45, 7) is 0. The maximum atomic E-state index is 14.0. The smallest absolute Gasteiger partial charge is 0.258 e. The summed E-state index contributed by atoms with van der Waals surface area (Å²) in [5, 5.41) is 10.6. The van der Waals surface area contributed by atoms with Gasteiger partial charge in [0.1, 0.15) is 0 Å². The second-order valence-corrected chi connectivity index (χ2v) is 3.94. The molecule has 0 bridgehead atoms. The van der Waals surface area contributed by atoms with Crippen LogP contribution in [0, 0.1) is 15.9 Å². The highest BCUT2D eigenvalue weighted by molar-refractivity contribution is 5.71. The van der Waals surface area contributed by atoms with Crippen molar-refractivity contribution in [2.75, 3.05) is 0 Å². The monoisotopic (exact) mass is 285 g/mol. The highest BCUT2D eigenvalue weighted by Gasteiger charge is 2.34. The predicted molar refractivity (Wildman–Crippen MR) is 63.5 cm³/mol. The first-order valence-electron chi connectivity index (χ1n) is 5.42. The van der Waals surface area contributed by atoms with Crippen LogP contribution in [-0.2, 0) is 6.18 Å². The number of hydrogen-bond donors (Lipinski definition) is 0. The van der Waals surface area contributed by atoms with Gasteiger partial charge in [-0.05, 0) is 11.6 Å². The van der Waals surface area contributed by atoms with Crippen LogP contribution in [0.5, 0.6) is 0 Å². The molecule has 0 saturated carbocycles. The quantitative estimate of drug-likeness (QED) is 0.465. The van der Waals surface area contributed by atoms with Crippen LogP contribution in [-0.4, -0.2) is 4.92 Å². The lowest BCUT2D eigenvalue weighted by molar-refractivity contribution is -0.387. The molecule has 0 heterocycles. The van der Waals surface area contributed by atoms with Gasteiger partial charge < -0.3 is 0 Å². The van der Waals surface area contributed by atoms with Crippen LogP contribution in [0.2, 0.25) is 0 Å². The molecule has 104 valence electrons. The normalized spacial score (nSPS) is 11.4. The van der Waals surface area contributed by atoms with E-state index in [-0.39, 0.29) is 0 Å². The van der Waals surface area contributed by atoms with E-state index in [0.29, 0.717) is 0 Å². The fourth-order valence-corrected chi connectivity index (χ4v) is 1.83. The van der Waals surface area contributed by atoms with Crippen molar-refractivity contribution in [3.8, 4) is 11.1 Å². The van der Waals surface area contributed by atoms with Crippen LogP contribution in [0.1, 0.15) is 5.56 Å². The van der Waals surface area contributed by atoms with Crippen LogP contribution in [0.15, 0.2) is 42.5 Å². The number of hydrogen-bond acceptors (Lipinski definition) is 2. The number of rotatable bonds is 2. The van der Waals surface area contributed by atoms with E-state index < -0.39 is 39.3 Å². The standard InChI is InChI=1S/C13H7F4NO2/c14-12-9(5-3-7-11(12)18(19)20)8-4-1-2-6-10(8)13(15,16)17/h1-7H. The van der Waals surface area contributed by atoms with Crippen molar-refractivity contribution in [3.05, 3.63) is 64.0 Å². The number of nitro benzene ring substituents is 1. The van der Waals surface area contributed by atoms with Crippen LogP contribution < -0.4 is 0 Å². The van der Waals surface area contributed by atoms with E-state index in [1.54, 1.807) is 0 Å². The zero-order valence-corrected chi connectivity index (χ0v) is 9.82. The molecule has 0 aliphatic rings. The first kappa shape index (κ1) is 14.0. The molecule has 20 heavy (non-hydrogen) atoms. The third-order valence-electron chi connectivity index (χ3n) is 2.70. The van der Waals surface area contributed by atoms with E-state index in [1.165, 1.54) is 12.1 Å². The number of nitro groups is 1. The number of alkyl halides is 3. The third-order valence-corrected chi connectivity index (χ3v) is 2.70. The summed E-state index contributed by atoms with van der Waals surface area (Å²) in [5.41, 5.74) is -2.78. The van der Waals surface area contributed by atoms with E-state index in [1.807, 2.05) is 0 Å². The Labute approximate surface area is 110 Å². The van der Waals surface area contributed by atoms with Crippen molar-refractivity contribution in [3.63, 3.8) is 0 Å². The predicted octanol–water partition coefficient (Wildman–Crippen LogP) is 4.42. The summed E-state index contributed by atoms with van der Waals surface area (Å²) < 4.78 is 52.6. The Bertz CT molecular complexity index is 668. The number of nitrogens with zero attached hydrogens (tertiary/aromatic N) is 1. The van der Waals surface area contributed by atoms with Gasteiger partial charge in [0.15, 0.2) is 0 Å². The molecule has 2 rings (SSSR count). The molecule has 2 aromatic carbocycles. The van der Waals surface area contributed by atoms with Crippen molar-refractivity contribution in [2.24, 2.45) is 0 Å². The van der Waals surface area contributed by atoms with E-state index in [2.05, 4.69) is 0 Å². The van der Waals surface area contributed by atoms with Gasteiger partial charge >= 0.3 is 11.9 Å². The van der Waals surface area contributed by atoms with Crippen molar-refractivity contribution >= 4 is 5.69 Å². The highest BCUT2D eigenvalue weighted by Crippen LogP contribution is 2.39. The summed E-state index contributed by atoms with van der Waals surface area (Å²) in [6.07, 6.45) is -4.67. The van der Waals surface area contributed by atoms with E-state index >= 15 is 0 Å². The molecule has 0 fully saturated rings. The summed E-state index contributed by atoms with van der Waals surface area (Å²) >= 11 is 0. The van der Waals surface area contributed by atoms with Crippen LogP contribution in [0.4, 0.5) is 23.2 Å². The van der Waals surface area contributed by atoms with Crippen molar-refractivity contribution in [2.45, 2.75) is 6.18 Å². The SMILES string of the molecule is O=[N+]([O-])c1cccc(-c2ccccc2C(F)(F)F)c1F. The minimum atomic E-state index is -4.67. The second kappa shape index (κ2) is 4.92. The number of benzene rings is 2. The summed E-state index contributed by atoms with van der Waals surface area (Å²) in [7, 11) is 0. The van der Waals surface area contributed by atoms with Gasteiger partial charge in [0.05, 0.1) is 10.5 Å². The summed E-state index contributed by atoms with van der Waals surface area (Å²) in [6, 6.07) is 7.47. The molecular weight excluding hydrogens is 278 g/mol. The molecule has 3 nitrogen and oxygen atoms in total. The van der Waals surface area contributed by atoms with Crippen LogP contribution in [0.25, 0.3) is 11.1 Å². The molecule has 2 aromatic rings. The molecule has 0 N–H and O–H groups in total. The Morgan fingerprint density at radius 3 is 2.15 bits per heavy atom. The topological polar surface area (TPSA) is 43.1 Å². The average molecular weight is 285 g/mol. The molecule has 0 radical (unpaired) electrons. The van der Waals surface area contributed by atoms with Crippen molar-refractivity contribution in [1.29, 1.82) is 0 Å². The second-order valence-electron chi connectivity index (χ2n) is 3.94. The fraction of sp³-hybridized carbons (Fsp3) is 0.0769. The van der Waals surface area contributed by atoms with Gasteiger partial charge in [-0.3, -0.25) is 10.1 Å². The number of halogens is 4. The van der Waals surface area contributed by atoms with Gasteiger partial charge in [-0.1, -0.05) is 30.3 Å². The molecule has 0 unspecified atom stereocenters. The zero-order valence-electron chi connectivity index (χ0n) is 9.82. The summed E-state index contributed by atoms with van der Waals surface area (Å²) in [5.74, 6) is -1.28. The minimum Gasteiger partial charge on any atom is -0.258 e. The Hall–Kier alpha value is -2.44. The van der Waals surface area contributed by atoms with Gasteiger partial charge in [-0.2, -0.15) is 17.6 Å². The van der Waals surface area contributed by atoms with Crippen LogP contribution >= 0.6 is 0 Å². The molecule has 0 aliphatic carbocycles. The minimum absolute atomic E-state index is 0.429. The zero-order chi connectivity index (χ0) is 14.9. The Kier molecular flexibility index (Phi) is 3.44. The third kappa shape index (κ3) is 2.47. The van der Waals surface area contributed by atoms with Crippen molar-refractivity contribution in [1.82, 2.24) is 0 Å². The fourth-order valence-electron chi connectivity index (χ4n) is 1.83. The molecule has 0 spiro atoms. The largest absolute Gasteiger partial charge is 0.417 e. The molecule has 0 aromatic heterocycles. The Morgan fingerprint density at radius 2 is 1.55 bits per heavy atom. The first-order valence-corrected chi connectivity index (χ1v) is 5.42. The molecule has 0 saturated heterocycles. The average Bonchev–Trinajstić information content (AvgIpc) is 2.37. The Morgan fingerprint density at radius 1 is 0.950 bits per heavy atom. The van der Waals surface area contributed by atoms with Gasteiger partial charge in [-0.15, -0.1) is 0 Å². The lowest BCUT2D eigenvalue weighted by Gasteiger charge is -2.13. The van der Waals surface area contributed by atoms with E-state index in [4.69, 9.17) is 0 Å². The molecule has 7 heteroatoms. The van der Waals surface area contributed by atoms with Gasteiger partial charge in [0, 0.05) is 11.6 Å². The maximum absolute atomic E-state index is 14.0. The highest BCUT2D eigenvalue weighted by atomic mass is 19.4. The molecule has 0 aliphatic heterocycles. The Balaban J connectivity index is 2.70. The maximum Gasteiger partial charge on any atom is 0.417 e.